The third-order valence-electron chi connectivity index (χ3n) is 5.17. The molecule has 26 heavy (non-hydrogen) atoms. The molecule has 0 radical (unpaired) electrons. The Morgan fingerprint density at radius 1 is 1.12 bits per heavy atom. The molecule has 1 aliphatic rings. The fraction of sp³-hybridized carbons (Fsp3) is 0.600. The zero-order valence-corrected chi connectivity index (χ0v) is 16.4. The van der Waals surface area contributed by atoms with Gasteiger partial charge in [0.15, 0.2) is 0 Å². The summed E-state index contributed by atoms with van der Waals surface area (Å²) in [6.45, 7) is 9.69. The van der Waals surface area contributed by atoms with E-state index in [4.69, 9.17) is 0 Å². The fourth-order valence-electron chi connectivity index (χ4n) is 3.15. The van der Waals surface area contributed by atoms with Crippen molar-refractivity contribution in [3.05, 3.63) is 30.3 Å². The van der Waals surface area contributed by atoms with Crippen molar-refractivity contribution in [1.29, 1.82) is 0 Å². The second kappa shape index (κ2) is 9.69. The van der Waals surface area contributed by atoms with Gasteiger partial charge in [-0.25, -0.2) is 0 Å². The van der Waals surface area contributed by atoms with Crippen molar-refractivity contribution >= 4 is 17.5 Å². The minimum atomic E-state index is -0.170. The Morgan fingerprint density at radius 3 is 2.31 bits per heavy atom. The summed E-state index contributed by atoms with van der Waals surface area (Å²) in [6.07, 6.45) is 0.939. The number of para-hydroxylation sites is 1. The number of hydrogen-bond donors (Lipinski definition) is 1. The van der Waals surface area contributed by atoms with Gasteiger partial charge in [0.05, 0.1) is 12.6 Å². The molecule has 2 atom stereocenters. The molecule has 1 aliphatic heterocycles. The van der Waals surface area contributed by atoms with Crippen LogP contribution in [0.4, 0.5) is 5.69 Å². The van der Waals surface area contributed by atoms with Gasteiger partial charge in [0.25, 0.3) is 0 Å². The van der Waals surface area contributed by atoms with Crippen LogP contribution in [0.15, 0.2) is 30.3 Å². The number of carbonyl (C=O) groups excluding carboxylic acids is 2. The van der Waals surface area contributed by atoms with Gasteiger partial charge >= 0.3 is 0 Å². The molecule has 0 saturated carbocycles. The number of anilines is 1. The summed E-state index contributed by atoms with van der Waals surface area (Å²) in [5.74, 6) is 0.180. The Balaban J connectivity index is 1.81. The third-order valence-corrected chi connectivity index (χ3v) is 5.17. The Morgan fingerprint density at radius 2 is 1.73 bits per heavy atom. The maximum absolute atomic E-state index is 12.8. The second-order valence-electron chi connectivity index (χ2n) is 7.10. The van der Waals surface area contributed by atoms with Crippen LogP contribution in [0, 0.1) is 0 Å². The number of benzene rings is 1. The molecule has 144 valence electrons. The van der Waals surface area contributed by atoms with Crippen molar-refractivity contribution in [3.8, 4) is 0 Å². The minimum Gasteiger partial charge on any atom is -0.353 e. The van der Waals surface area contributed by atoms with Crippen molar-refractivity contribution in [2.45, 2.75) is 39.3 Å². The van der Waals surface area contributed by atoms with Crippen LogP contribution in [0.1, 0.15) is 27.2 Å². The Hall–Kier alpha value is -1.92. The number of piperazine rings is 1. The van der Waals surface area contributed by atoms with E-state index in [-0.39, 0.29) is 23.9 Å². The highest BCUT2D eigenvalue weighted by molar-refractivity contribution is 5.96. The van der Waals surface area contributed by atoms with Gasteiger partial charge in [0.1, 0.15) is 0 Å². The zero-order chi connectivity index (χ0) is 19.1. The van der Waals surface area contributed by atoms with E-state index in [1.165, 1.54) is 0 Å². The van der Waals surface area contributed by atoms with Gasteiger partial charge in [0.2, 0.25) is 11.8 Å². The number of nitrogens with zero attached hydrogens (tertiary/aromatic N) is 3. The van der Waals surface area contributed by atoms with E-state index in [0.717, 1.165) is 38.3 Å². The van der Waals surface area contributed by atoms with E-state index in [1.807, 2.05) is 51.2 Å². The first-order chi connectivity index (χ1) is 12.4. The lowest BCUT2D eigenvalue weighted by Crippen LogP contribution is -2.55. The first-order valence-electron chi connectivity index (χ1n) is 9.50. The molecule has 0 aromatic heterocycles. The van der Waals surface area contributed by atoms with Crippen molar-refractivity contribution in [2.75, 3.05) is 44.7 Å². The van der Waals surface area contributed by atoms with Crippen LogP contribution in [0.25, 0.3) is 0 Å². The molecule has 6 heteroatoms. The van der Waals surface area contributed by atoms with Gasteiger partial charge in [-0.15, -0.1) is 0 Å². The summed E-state index contributed by atoms with van der Waals surface area (Å²) < 4.78 is 0. The molecule has 2 amide bonds. The first kappa shape index (κ1) is 20.4. The maximum Gasteiger partial charge on any atom is 0.243 e. The standard InChI is InChI=1S/C20H32N4O2/c1-5-16(2)21-19(25)15-23-11-13-24(14-12-23)17(3)20(26)22(4)18-9-7-6-8-10-18/h6-10,16-17H,5,11-15H2,1-4H3,(H,21,25). The van der Waals surface area contributed by atoms with E-state index < -0.39 is 0 Å². The number of nitrogens with one attached hydrogen (secondary N) is 1. The van der Waals surface area contributed by atoms with E-state index in [9.17, 15) is 9.59 Å². The summed E-state index contributed by atoms with van der Waals surface area (Å²) in [7, 11) is 1.82. The van der Waals surface area contributed by atoms with Crippen LogP contribution in [0.5, 0.6) is 0 Å². The molecule has 0 spiro atoms. The topological polar surface area (TPSA) is 55.9 Å². The molecule has 2 rings (SSSR count). The molecule has 1 aromatic rings. The SMILES string of the molecule is CCC(C)NC(=O)CN1CCN(C(C)C(=O)N(C)c2ccccc2)CC1. The fourth-order valence-corrected chi connectivity index (χ4v) is 3.15. The van der Waals surface area contributed by atoms with Gasteiger partial charge < -0.3 is 10.2 Å². The van der Waals surface area contributed by atoms with E-state index in [1.54, 1.807) is 4.90 Å². The van der Waals surface area contributed by atoms with Crippen molar-refractivity contribution in [2.24, 2.45) is 0 Å². The van der Waals surface area contributed by atoms with E-state index in [0.29, 0.717) is 6.54 Å². The molecule has 1 saturated heterocycles. The summed E-state index contributed by atoms with van der Waals surface area (Å²) in [4.78, 5) is 30.9. The number of hydrogen-bond acceptors (Lipinski definition) is 4. The smallest absolute Gasteiger partial charge is 0.243 e. The highest BCUT2D eigenvalue weighted by atomic mass is 16.2. The highest BCUT2D eigenvalue weighted by Gasteiger charge is 2.28. The largest absolute Gasteiger partial charge is 0.353 e. The van der Waals surface area contributed by atoms with Crippen LogP contribution in [0.2, 0.25) is 0 Å². The van der Waals surface area contributed by atoms with Gasteiger partial charge in [-0.05, 0) is 32.4 Å². The number of likely N-dealkylation sites (N-methyl/N-ethyl adjacent to an activating group) is 1. The maximum atomic E-state index is 12.8. The predicted molar refractivity (Wildman–Crippen MR) is 105 cm³/mol. The summed E-state index contributed by atoms with van der Waals surface area (Å²) >= 11 is 0. The second-order valence-corrected chi connectivity index (χ2v) is 7.10. The number of amides is 2. The van der Waals surface area contributed by atoms with Crippen LogP contribution in [-0.4, -0.2) is 73.5 Å². The number of rotatable bonds is 7. The number of carbonyl (C=O) groups is 2. The van der Waals surface area contributed by atoms with Crippen molar-refractivity contribution in [1.82, 2.24) is 15.1 Å². The van der Waals surface area contributed by atoms with Crippen LogP contribution >= 0.6 is 0 Å². The van der Waals surface area contributed by atoms with Gasteiger partial charge in [-0.3, -0.25) is 19.4 Å². The van der Waals surface area contributed by atoms with Gasteiger partial charge in [-0.2, -0.15) is 0 Å². The lowest BCUT2D eigenvalue weighted by Gasteiger charge is -2.38. The molecule has 2 unspecified atom stereocenters. The Bertz CT molecular complexity index is 585. The molecule has 1 fully saturated rings. The average Bonchev–Trinajstić information content (AvgIpc) is 2.67. The molecule has 0 aliphatic carbocycles. The van der Waals surface area contributed by atoms with Crippen LogP contribution in [-0.2, 0) is 9.59 Å². The molecular weight excluding hydrogens is 328 g/mol. The third kappa shape index (κ3) is 5.54. The Kier molecular flexibility index (Phi) is 7.60. The minimum absolute atomic E-state index is 0.0840. The average molecular weight is 361 g/mol. The normalized spacial score (nSPS) is 18.2. The molecule has 1 aromatic carbocycles. The Labute approximate surface area is 157 Å². The molecule has 1 N–H and O–H groups in total. The molecule has 1 heterocycles. The zero-order valence-electron chi connectivity index (χ0n) is 16.4. The first-order valence-corrected chi connectivity index (χ1v) is 9.50. The van der Waals surface area contributed by atoms with E-state index in [2.05, 4.69) is 22.0 Å². The monoisotopic (exact) mass is 360 g/mol. The quantitative estimate of drug-likeness (QED) is 0.802. The molecule has 0 bridgehead atoms. The van der Waals surface area contributed by atoms with Crippen molar-refractivity contribution < 1.29 is 9.59 Å². The van der Waals surface area contributed by atoms with Crippen molar-refractivity contribution in [3.63, 3.8) is 0 Å². The summed E-state index contributed by atoms with van der Waals surface area (Å²) in [5.41, 5.74) is 0.907. The van der Waals surface area contributed by atoms with E-state index >= 15 is 0 Å². The summed E-state index contributed by atoms with van der Waals surface area (Å²) in [5, 5.41) is 3.01. The lowest BCUT2D eigenvalue weighted by molar-refractivity contribution is -0.126. The van der Waals surface area contributed by atoms with Gasteiger partial charge in [0, 0.05) is 45.0 Å². The van der Waals surface area contributed by atoms with Crippen LogP contribution < -0.4 is 10.2 Å². The highest BCUT2D eigenvalue weighted by Crippen LogP contribution is 2.15. The van der Waals surface area contributed by atoms with Gasteiger partial charge in [-0.1, -0.05) is 25.1 Å². The predicted octanol–water partition coefficient (Wildman–Crippen LogP) is 1.57. The molecular formula is C20H32N4O2. The lowest BCUT2D eigenvalue weighted by atomic mass is 10.2. The molecule has 6 nitrogen and oxygen atoms in total. The van der Waals surface area contributed by atoms with Crippen LogP contribution in [0.3, 0.4) is 0 Å². The summed E-state index contributed by atoms with van der Waals surface area (Å²) in [6, 6.07) is 9.75.